The average Bonchev–Trinajstić information content (AvgIpc) is 2.49. The molecule has 1 aliphatic heterocycles. The fraction of sp³-hybridized carbons (Fsp3) is 0.500. The quantitative estimate of drug-likeness (QED) is 0.322. The Balaban J connectivity index is 2.37. The number of nitro groups is 1. The summed E-state index contributed by atoms with van der Waals surface area (Å²) < 4.78 is 5.21. The van der Waals surface area contributed by atoms with Crippen LogP contribution in [0.5, 0.6) is 0 Å². The van der Waals surface area contributed by atoms with Crippen LogP contribution >= 0.6 is 0 Å². The number of benzene rings is 1. The summed E-state index contributed by atoms with van der Waals surface area (Å²) in [5, 5.41) is 49.8. The third-order valence-corrected chi connectivity index (χ3v) is 3.55. The molecule has 1 heterocycles. The minimum atomic E-state index is -2.18. The van der Waals surface area contributed by atoms with Crippen LogP contribution in [-0.2, 0) is 10.5 Å². The van der Waals surface area contributed by atoms with E-state index in [1.165, 1.54) is 12.1 Å². The third-order valence-electron chi connectivity index (χ3n) is 3.55. The normalized spacial score (nSPS) is 36.4. The smallest absolute Gasteiger partial charge is 0.269 e. The van der Waals surface area contributed by atoms with Crippen LogP contribution in [0.2, 0.25) is 0 Å². The number of nitrogens with zero attached hydrogens (tertiary/aromatic N) is 1. The van der Waals surface area contributed by atoms with Gasteiger partial charge in [-0.15, -0.1) is 0 Å². The predicted octanol–water partition coefficient (Wildman–Crippen LogP) is -1.82. The molecule has 1 saturated heterocycles. The fourth-order valence-electron chi connectivity index (χ4n) is 2.27. The van der Waals surface area contributed by atoms with Crippen molar-refractivity contribution >= 4 is 5.69 Å². The SMILES string of the molecule is N[C@@H]1[C@@H](O)[C@@H](O)[C@@H](CO)O[C@]1(O)c1ccc([N+](=O)[O-])cc1. The van der Waals surface area contributed by atoms with Crippen LogP contribution in [0.15, 0.2) is 24.3 Å². The van der Waals surface area contributed by atoms with Gasteiger partial charge in [-0.05, 0) is 12.1 Å². The number of hydrogen-bond donors (Lipinski definition) is 5. The Bertz CT molecular complexity index is 521. The van der Waals surface area contributed by atoms with Crippen molar-refractivity contribution in [2.75, 3.05) is 6.61 Å². The summed E-state index contributed by atoms with van der Waals surface area (Å²) in [7, 11) is 0. The van der Waals surface area contributed by atoms with Gasteiger partial charge in [0.15, 0.2) is 0 Å². The Hall–Kier alpha value is -1.62. The van der Waals surface area contributed by atoms with Crippen molar-refractivity contribution in [3.63, 3.8) is 0 Å². The summed E-state index contributed by atoms with van der Waals surface area (Å²) >= 11 is 0. The molecule has 1 aromatic carbocycles. The summed E-state index contributed by atoms with van der Waals surface area (Å²) in [4.78, 5) is 10.0. The second-order valence-corrected chi connectivity index (χ2v) is 4.85. The van der Waals surface area contributed by atoms with Gasteiger partial charge in [0.2, 0.25) is 5.79 Å². The Morgan fingerprint density at radius 3 is 2.33 bits per heavy atom. The van der Waals surface area contributed by atoms with Gasteiger partial charge in [0.05, 0.1) is 17.6 Å². The Morgan fingerprint density at radius 2 is 1.86 bits per heavy atom. The highest BCUT2D eigenvalue weighted by Crippen LogP contribution is 2.35. The Labute approximate surface area is 119 Å². The first-order chi connectivity index (χ1) is 9.81. The summed E-state index contributed by atoms with van der Waals surface area (Å²) in [6, 6.07) is 3.37. The molecule has 0 amide bonds. The van der Waals surface area contributed by atoms with Gasteiger partial charge in [-0.1, -0.05) is 0 Å². The van der Waals surface area contributed by atoms with Gasteiger partial charge in [-0.2, -0.15) is 0 Å². The summed E-state index contributed by atoms with van der Waals surface area (Å²) in [6.45, 7) is -0.639. The molecule has 1 aromatic rings. The van der Waals surface area contributed by atoms with E-state index >= 15 is 0 Å². The first-order valence-corrected chi connectivity index (χ1v) is 6.19. The van der Waals surface area contributed by atoms with E-state index in [1.54, 1.807) is 0 Å². The molecular weight excluding hydrogens is 284 g/mol. The van der Waals surface area contributed by atoms with Crippen LogP contribution in [-0.4, -0.2) is 56.3 Å². The van der Waals surface area contributed by atoms with Gasteiger partial charge < -0.3 is 30.9 Å². The molecule has 0 aliphatic carbocycles. The van der Waals surface area contributed by atoms with Crippen molar-refractivity contribution in [3.05, 3.63) is 39.9 Å². The summed E-state index contributed by atoms with van der Waals surface area (Å²) in [5.41, 5.74) is 5.58. The van der Waals surface area contributed by atoms with E-state index in [2.05, 4.69) is 0 Å². The van der Waals surface area contributed by atoms with Gasteiger partial charge in [0, 0.05) is 17.7 Å². The standard InChI is InChI=1S/C12H16N2O7/c13-11-10(17)9(16)8(5-15)21-12(11,18)6-1-3-7(4-2-6)14(19)20/h1-4,8-11,15-18H,5,13H2/t8-,9+,10+,11-,12-/m1/s1. The van der Waals surface area contributed by atoms with Gasteiger partial charge in [0.1, 0.15) is 18.3 Å². The molecule has 0 saturated carbocycles. The van der Waals surface area contributed by atoms with Gasteiger partial charge in [0.25, 0.3) is 5.69 Å². The van der Waals surface area contributed by atoms with E-state index < -0.39 is 41.7 Å². The Morgan fingerprint density at radius 1 is 1.29 bits per heavy atom. The van der Waals surface area contributed by atoms with Crippen molar-refractivity contribution in [2.45, 2.75) is 30.1 Å². The lowest BCUT2D eigenvalue weighted by atomic mass is 9.86. The number of nitro benzene ring substituents is 1. The molecule has 0 radical (unpaired) electrons. The van der Waals surface area contributed by atoms with Crippen LogP contribution < -0.4 is 5.73 Å². The van der Waals surface area contributed by atoms with Crippen LogP contribution in [0.4, 0.5) is 5.69 Å². The highest BCUT2D eigenvalue weighted by atomic mass is 16.6. The van der Waals surface area contributed by atoms with Gasteiger partial charge in [-0.25, -0.2) is 0 Å². The zero-order chi connectivity index (χ0) is 15.8. The number of non-ortho nitro benzene ring substituents is 1. The average molecular weight is 300 g/mol. The zero-order valence-corrected chi connectivity index (χ0v) is 10.9. The van der Waals surface area contributed by atoms with Crippen molar-refractivity contribution < 1.29 is 30.1 Å². The molecule has 116 valence electrons. The fourth-order valence-corrected chi connectivity index (χ4v) is 2.27. The number of nitrogens with two attached hydrogens (primary N) is 1. The van der Waals surface area contributed by atoms with Gasteiger partial charge >= 0.3 is 0 Å². The highest BCUT2D eigenvalue weighted by molar-refractivity contribution is 5.35. The number of rotatable bonds is 3. The molecule has 9 heteroatoms. The third kappa shape index (κ3) is 2.62. The molecule has 5 atom stereocenters. The Kier molecular flexibility index (Phi) is 4.23. The molecule has 0 unspecified atom stereocenters. The predicted molar refractivity (Wildman–Crippen MR) is 68.9 cm³/mol. The molecule has 0 spiro atoms. The summed E-state index contributed by atoms with van der Waals surface area (Å²) in [6.07, 6.45) is -4.22. The van der Waals surface area contributed by atoms with E-state index in [-0.39, 0.29) is 11.3 Å². The minimum absolute atomic E-state index is 0.0741. The van der Waals surface area contributed by atoms with Crippen molar-refractivity contribution in [2.24, 2.45) is 5.73 Å². The topological polar surface area (TPSA) is 159 Å². The molecule has 2 rings (SSSR count). The van der Waals surface area contributed by atoms with Crippen LogP contribution in [0, 0.1) is 10.1 Å². The lowest BCUT2D eigenvalue weighted by Crippen LogP contribution is -2.66. The maximum Gasteiger partial charge on any atom is 0.269 e. The monoisotopic (exact) mass is 300 g/mol. The summed E-state index contributed by atoms with van der Waals surface area (Å²) in [5.74, 6) is -2.18. The number of aliphatic hydroxyl groups is 4. The molecule has 21 heavy (non-hydrogen) atoms. The maximum atomic E-state index is 10.6. The lowest BCUT2D eigenvalue weighted by Gasteiger charge is -2.46. The second kappa shape index (κ2) is 5.64. The maximum absolute atomic E-state index is 10.6. The van der Waals surface area contributed by atoms with E-state index in [0.717, 1.165) is 12.1 Å². The highest BCUT2D eigenvalue weighted by Gasteiger charge is 2.52. The largest absolute Gasteiger partial charge is 0.394 e. The molecule has 0 aromatic heterocycles. The molecule has 0 bridgehead atoms. The zero-order valence-electron chi connectivity index (χ0n) is 10.9. The first-order valence-electron chi connectivity index (χ1n) is 6.19. The van der Waals surface area contributed by atoms with E-state index in [0.29, 0.717) is 0 Å². The minimum Gasteiger partial charge on any atom is -0.394 e. The van der Waals surface area contributed by atoms with Crippen LogP contribution in [0.25, 0.3) is 0 Å². The second-order valence-electron chi connectivity index (χ2n) is 4.85. The van der Waals surface area contributed by atoms with Crippen molar-refractivity contribution in [1.29, 1.82) is 0 Å². The molecule has 6 N–H and O–H groups in total. The number of ether oxygens (including phenoxy) is 1. The van der Waals surface area contributed by atoms with Crippen LogP contribution in [0.3, 0.4) is 0 Å². The molecule has 1 fully saturated rings. The van der Waals surface area contributed by atoms with Crippen molar-refractivity contribution in [1.82, 2.24) is 0 Å². The first kappa shape index (κ1) is 15.8. The van der Waals surface area contributed by atoms with E-state index in [4.69, 9.17) is 15.6 Å². The molecule has 1 aliphatic rings. The van der Waals surface area contributed by atoms with E-state index in [9.17, 15) is 25.4 Å². The molecular formula is C12H16N2O7. The molecule has 9 nitrogen and oxygen atoms in total. The lowest BCUT2D eigenvalue weighted by molar-refractivity contribution is -0.385. The van der Waals surface area contributed by atoms with Crippen LogP contribution in [0.1, 0.15) is 5.56 Å². The number of aliphatic hydroxyl groups excluding tert-OH is 3. The van der Waals surface area contributed by atoms with E-state index in [1.807, 2.05) is 0 Å². The van der Waals surface area contributed by atoms with Gasteiger partial charge in [-0.3, -0.25) is 10.1 Å². The number of hydrogen-bond acceptors (Lipinski definition) is 8. The van der Waals surface area contributed by atoms with Crippen molar-refractivity contribution in [3.8, 4) is 0 Å².